The van der Waals surface area contributed by atoms with Crippen LogP contribution >= 0.6 is 0 Å². The zero-order valence-corrected chi connectivity index (χ0v) is 26.1. The summed E-state index contributed by atoms with van der Waals surface area (Å²) in [5.41, 5.74) is 4.87. The highest BCUT2D eigenvalue weighted by molar-refractivity contribution is 5.92. The molecule has 4 aromatic rings. The van der Waals surface area contributed by atoms with Crippen molar-refractivity contribution in [2.75, 3.05) is 26.0 Å². The van der Waals surface area contributed by atoms with Crippen LogP contribution in [0.3, 0.4) is 0 Å². The molecule has 3 heterocycles. The van der Waals surface area contributed by atoms with Crippen LogP contribution in [0, 0.1) is 0 Å². The fraction of sp³-hybridized carbons (Fsp3) is 0.441. The Morgan fingerprint density at radius 1 is 1.07 bits per heavy atom. The van der Waals surface area contributed by atoms with Gasteiger partial charge in [-0.2, -0.15) is 0 Å². The molecule has 6 rings (SSSR count). The number of rotatable bonds is 7. The Bertz CT molecular complexity index is 1660. The number of urea groups is 1. The van der Waals surface area contributed by atoms with Crippen molar-refractivity contribution >= 4 is 17.4 Å². The number of benzene rings is 2. The highest BCUT2D eigenvalue weighted by atomic mass is 16.5. The normalized spacial score (nSPS) is 20.4. The van der Waals surface area contributed by atoms with Crippen molar-refractivity contribution in [3.8, 4) is 11.5 Å². The van der Waals surface area contributed by atoms with Crippen molar-refractivity contribution < 1.29 is 19.4 Å². The van der Waals surface area contributed by atoms with E-state index in [-0.39, 0.29) is 36.2 Å². The molecule has 2 aromatic carbocycles. The van der Waals surface area contributed by atoms with Gasteiger partial charge in [-0.3, -0.25) is 9.30 Å². The number of nitrogens with one attached hydrogen (secondary N) is 2. The number of methoxy groups -OCH3 is 1. The van der Waals surface area contributed by atoms with Crippen LogP contribution in [0.15, 0.2) is 54.7 Å². The van der Waals surface area contributed by atoms with E-state index in [1.165, 1.54) is 0 Å². The number of anilines is 1. The number of amides is 2. The van der Waals surface area contributed by atoms with E-state index in [2.05, 4.69) is 70.1 Å². The summed E-state index contributed by atoms with van der Waals surface area (Å²) in [6.07, 6.45) is 5.50. The van der Waals surface area contributed by atoms with E-state index in [4.69, 9.17) is 9.47 Å². The van der Waals surface area contributed by atoms with Gasteiger partial charge in [-0.05, 0) is 85.6 Å². The Kier molecular flexibility index (Phi) is 8.22. The molecule has 1 aliphatic carbocycles. The highest BCUT2D eigenvalue weighted by Gasteiger charge is 2.31. The summed E-state index contributed by atoms with van der Waals surface area (Å²) >= 11 is 0. The number of hydrogen-bond donors (Lipinski definition) is 3. The first-order valence-corrected chi connectivity index (χ1v) is 15.4. The topological polar surface area (TPSA) is 113 Å². The summed E-state index contributed by atoms with van der Waals surface area (Å²) in [6.45, 7) is 7.14. The lowest BCUT2D eigenvalue weighted by molar-refractivity contribution is 0.171. The van der Waals surface area contributed by atoms with Crippen LogP contribution < -0.4 is 20.1 Å². The minimum atomic E-state index is -0.333. The molecule has 3 N–H and O–H groups in total. The van der Waals surface area contributed by atoms with Crippen molar-refractivity contribution in [3.05, 3.63) is 82.8 Å². The predicted octanol–water partition coefficient (Wildman–Crippen LogP) is 6.07. The van der Waals surface area contributed by atoms with Gasteiger partial charge in [0.2, 0.25) is 0 Å². The third-order valence-electron chi connectivity index (χ3n) is 8.89. The van der Waals surface area contributed by atoms with Crippen LogP contribution in [-0.4, -0.2) is 51.3 Å². The van der Waals surface area contributed by atoms with Crippen molar-refractivity contribution in [1.29, 1.82) is 0 Å². The molecule has 2 aromatic heterocycles. The molecule has 10 heteroatoms. The second-order valence-corrected chi connectivity index (χ2v) is 12.9. The molecular formula is C34H42N6O4. The average molecular weight is 599 g/mol. The Hall–Kier alpha value is -4.15. The number of fused-ring (bicyclic) bond motifs is 2. The number of aromatic nitrogens is 3. The van der Waals surface area contributed by atoms with Gasteiger partial charge in [0.1, 0.15) is 17.6 Å². The van der Waals surface area contributed by atoms with Crippen LogP contribution in [0.1, 0.15) is 92.7 Å². The second-order valence-electron chi connectivity index (χ2n) is 12.9. The van der Waals surface area contributed by atoms with E-state index in [9.17, 15) is 9.90 Å². The van der Waals surface area contributed by atoms with Crippen molar-refractivity contribution in [2.45, 2.75) is 76.7 Å². The summed E-state index contributed by atoms with van der Waals surface area (Å²) in [6, 6.07) is 15.6. The smallest absolute Gasteiger partial charge is 0.319 e. The summed E-state index contributed by atoms with van der Waals surface area (Å²) in [4.78, 5) is 15.7. The molecule has 1 saturated heterocycles. The molecular weight excluding hydrogens is 556 g/mol. The van der Waals surface area contributed by atoms with E-state index in [1.54, 1.807) is 7.11 Å². The van der Waals surface area contributed by atoms with Crippen LogP contribution in [0.2, 0.25) is 0 Å². The van der Waals surface area contributed by atoms with Gasteiger partial charge in [0.05, 0.1) is 37.7 Å². The van der Waals surface area contributed by atoms with E-state index < -0.39 is 0 Å². The number of hydrogen-bond acceptors (Lipinski definition) is 7. The maximum Gasteiger partial charge on any atom is 0.319 e. The van der Waals surface area contributed by atoms with E-state index in [1.807, 2.05) is 42.6 Å². The monoisotopic (exact) mass is 598 g/mol. The predicted molar refractivity (Wildman–Crippen MR) is 169 cm³/mol. The maximum atomic E-state index is 13.4. The SMILES string of the molecule is COc1c(CO)cc(C(C)(C)C)cc1NC(=O)N[C@H]1CC[C@@H](Oc2ccc3nnc(C4CCCN4C)n3c2)c2ccccc21. The quantitative estimate of drug-likeness (QED) is 0.237. The van der Waals surface area contributed by atoms with Crippen molar-refractivity contribution in [2.24, 2.45) is 0 Å². The first kappa shape index (κ1) is 29.9. The molecule has 44 heavy (non-hydrogen) atoms. The van der Waals surface area contributed by atoms with Crippen LogP contribution in [0.25, 0.3) is 5.65 Å². The zero-order chi connectivity index (χ0) is 31.0. The Balaban J connectivity index is 1.20. The molecule has 2 amide bonds. The molecule has 10 nitrogen and oxygen atoms in total. The number of likely N-dealkylation sites (tertiary alicyclic amines) is 1. The number of pyridine rings is 1. The zero-order valence-electron chi connectivity index (χ0n) is 26.1. The van der Waals surface area contributed by atoms with Gasteiger partial charge in [0.15, 0.2) is 11.5 Å². The molecule has 0 saturated carbocycles. The number of aliphatic hydroxyl groups excluding tert-OH is 1. The number of carbonyl (C=O) groups is 1. The molecule has 232 valence electrons. The van der Waals surface area contributed by atoms with Gasteiger partial charge in [0.25, 0.3) is 0 Å². The standard InChI is InChI=1S/C34H42N6O4/c1-34(2,3)22-17-21(20-41)31(43-5)27(18-22)36-33(42)35-26-13-14-29(25-10-7-6-9-24(25)26)44-23-12-15-30-37-38-32(40(30)19-23)28-11-8-16-39(28)4/h6-7,9-10,12,15,17-19,26,28-29,41H,8,11,13-14,16,20H2,1-5H3,(H2,35,36,42)/t26-,28?,29+/m0/s1. The van der Waals surface area contributed by atoms with Crippen molar-refractivity contribution in [3.63, 3.8) is 0 Å². The molecule has 1 fully saturated rings. The first-order valence-electron chi connectivity index (χ1n) is 15.4. The third kappa shape index (κ3) is 5.84. The highest BCUT2D eigenvalue weighted by Crippen LogP contribution is 2.40. The summed E-state index contributed by atoms with van der Waals surface area (Å²) in [5.74, 6) is 2.16. The van der Waals surface area contributed by atoms with Gasteiger partial charge in [0, 0.05) is 5.56 Å². The fourth-order valence-electron chi connectivity index (χ4n) is 6.50. The fourth-order valence-corrected chi connectivity index (χ4v) is 6.50. The van der Waals surface area contributed by atoms with Gasteiger partial charge in [-0.25, -0.2) is 4.79 Å². The average Bonchev–Trinajstić information content (AvgIpc) is 3.62. The van der Waals surface area contributed by atoms with E-state index >= 15 is 0 Å². The number of aliphatic hydroxyl groups is 1. The lowest BCUT2D eigenvalue weighted by atomic mass is 9.85. The van der Waals surface area contributed by atoms with Crippen LogP contribution in [0.5, 0.6) is 11.5 Å². The Labute approximate surface area is 258 Å². The molecule has 0 radical (unpaired) electrons. The molecule has 0 spiro atoms. The van der Waals surface area contributed by atoms with Gasteiger partial charge in [-0.1, -0.05) is 45.0 Å². The molecule has 2 aliphatic rings. The van der Waals surface area contributed by atoms with E-state index in [0.717, 1.165) is 59.7 Å². The molecule has 3 atom stereocenters. The van der Waals surface area contributed by atoms with Gasteiger partial charge >= 0.3 is 6.03 Å². The summed E-state index contributed by atoms with van der Waals surface area (Å²) in [7, 11) is 3.68. The lowest BCUT2D eigenvalue weighted by Crippen LogP contribution is -2.35. The van der Waals surface area contributed by atoms with Gasteiger partial charge < -0.3 is 25.2 Å². The minimum Gasteiger partial charge on any atom is -0.494 e. The minimum absolute atomic E-state index is 0.158. The molecule has 1 unspecified atom stereocenters. The number of nitrogens with zero attached hydrogens (tertiary/aromatic N) is 4. The Morgan fingerprint density at radius 3 is 2.57 bits per heavy atom. The third-order valence-corrected chi connectivity index (χ3v) is 8.89. The summed E-state index contributed by atoms with van der Waals surface area (Å²) in [5, 5.41) is 25.0. The molecule has 1 aliphatic heterocycles. The summed E-state index contributed by atoms with van der Waals surface area (Å²) < 4.78 is 14.2. The number of ether oxygens (including phenoxy) is 2. The first-order chi connectivity index (χ1) is 21.2. The van der Waals surface area contributed by atoms with Crippen LogP contribution in [0.4, 0.5) is 10.5 Å². The largest absolute Gasteiger partial charge is 0.494 e. The Morgan fingerprint density at radius 2 is 1.86 bits per heavy atom. The maximum absolute atomic E-state index is 13.4. The van der Waals surface area contributed by atoms with E-state index in [0.29, 0.717) is 23.4 Å². The second kappa shape index (κ2) is 12.1. The lowest BCUT2D eigenvalue weighted by Gasteiger charge is -2.32. The van der Waals surface area contributed by atoms with Gasteiger partial charge in [-0.15, -0.1) is 10.2 Å². The molecule has 0 bridgehead atoms. The number of carbonyl (C=O) groups excluding carboxylic acids is 1. The van der Waals surface area contributed by atoms with Crippen molar-refractivity contribution in [1.82, 2.24) is 24.8 Å². The van der Waals surface area contributed by atoms with Crippen LogP contribution in [-0.2, 0) is 12.0 Å².